The van der Waals surface area contributed by atoms with Gasteiger partial charge in [-0.25, -0.2) is 0 Å². The average Bonchev–Trinajstić information content (AvgIpc) is 3.19. The molecule has 3 nitrogen and oxygen atoms in total. The maximum Gasteiger partial charge on any atom is 0.220 e. The van der Waals surface area contributed by atoms with Gasteiger partial charge >= 0.3 is 0 Å². The number of hydrogen-bond acceptors (Lipinski definition) is 2. The molecule has 0 radical (unpaired) electrons. The van der Waals surface area contributed by atoms with Crippen molar-refractivity contribution < 1.29 is 4.79 Å². The molecule has 2 fully saturated rings. The average molecular weight is 252 g/mol. The highest BCUT2D eigenvalue weighted by Gasteiger charge is 2.23. The van der Waals surface area contributed by atoms with Gasteiger partial charge in [0.1, 0.15) is 0 Å². The second-order valence-corrected chi connectivity index (χ2v) is 6.04. The normalized spacial score (nSPS) is 28.1. The Balaban J connectivity index is 1.50. The Kier molecular flexibility index (Phi) is 5.48. The van der Waals surface area contributed by atoms with Crippen LogP contribution in [0.3, 0.4) is 0 Å². The molecule has 0 aliphatic heterocycles. The highest BCUT2D eigenvalue weighted by Crippen LogP contribution is 2.26. The number of carbonyl (C=O) groups excluding carboxylic acids is 1. The van der Waals surface area contributed by atoms with E-state index in [4.69, 9.17) is 0 Å². The maximum absolute atomic E-state index is 11.5. The van der Waals surface area contributed by atoms with E-state index in [1.54, 1.807) is 0 Å². The fraction of sp³-hybridized carbons (Fsp3) is 0.933. The Morgan fingerprint density at radius 2 is 2.00 bits per heavy atom. The molecule has 0 aromatic rings. The fourth-order valence-corrected chi connectivity index (χ4v) is 2.93. The molecule has 1 amide bonds. The highest BCUT2D eigenvalue weighted by atomic mass is 16.1. The minimum absolute atomic E-state index is 0.245. The van der Waals surface area contributed by atoms with E-state index in [1.807, 2.05) is 0 Å². The van der Waals surface area contributed by atoms with Gasteiger partial charge in [0.05, 0.1) is 0 Å². The minimum Gasteiger partial charge on any atom is -0.353 e. The van der Waals surface area contributed by atoms with Crippen LogP contribution >= 0.6 is 0 Å². The van der Waals surface area contributed by atoms with Crippen LogP contribution in [0.2, 0.25) is 0 Å². The lowest BCUT2D eigenvalue weighted by Gasteiger charge is -2.29. The first-order valence-electron chi connectivity index (χ1n) is 7.80. The van der Waals surface area contributed by atoms with Gasteiger partial charge in [0, 0.05) is 18.5 Å². The van der Waals surface area contributed by atoms with Gasteiger partial charge in [-0.05, 0) is 44.6 Å². The van der Waals surface area contributed by atoms with E-state index in [-0.39, 0.29) is 5.91 Å². The van der Waals surface area contributed by atoms with Crippen molar-refractivity contribution in [3.63, 3.8) is 0 Å². The summed E-state index contributed by atoms with van der Waals surface area (Å²) in [4.78, 5) is 11.5. The molecule has 2 aliphatic carbocycles. The molecular formula is C15H28N2O. The second kappa shape index (κ2) is 7.13. The van der Waals surface area contributed by atoms with Crippen molar-refractivity contribution in [1.82, 2.24) is 10.6 Å². The van der Waals surface area contributed by atoms with Crippen molar-refractivity contribution in [2.45, 2.75) is 76.8 Å². The maximum atomic E-state index is 11.5. The molecule has 2 atom stereocenters. The van der Waals surface area contributed by atoms with Crippen molar-refractivity contribution in [1.29, 1.82) is 0 Å². The molecule has 104 valence electrons. The first-order valence-corrected chi connectivity index (χ1v) is 7.80. The van der Waals surface area contributed by atoms with Crippen LogP contribution in [0, 0.1) is 5.92 Å². The zero-order chi connectivity index (χ0) is 12.8. The predicted molar refractivity (Wildman–Crippen MR) is 74.4 cm³/mol. The summed E-state index contributed by atoms with van der Waals surface area (Å²) in [5, 5.41) is 6.67. The van der Waals surface area contributed by atoms with Gasteiger partial charge in [-0.3, -0.25) is 4.79 Å². The Morgan fingerprint density at radius 3 is 2.72 bits per heavy atom. The van der Waals surface area contributed by atoms with Crippen LogP contribution in [0.1, 0.15) is 64.7 Å². The van der Waals surface area contributed by atoms with E-state index in [1.165, 1.54) is 44.9 Å². The van der Waals surface area contributed by atoms with Crippen molar-refractivity contribution in [3.8, 4) is 0 Å². The Morgan fingerprint density at radius 1 is 1.17 bits per heavy atom. The SMILES string of the molecule is CCC1CCCC(NCCCC(=O)NC2CC2)C1. The summed E-state index contributed by atoms with van der Waals surface area (Å²) in [5.74, 6) is 1.17. The molecule has 18 heavy (non-hydrogen) atoms. The largest absolute Gasteiger partial charge is 0.353 e. The van der Waals surface area contributed by atoms with Crippen LogP contribution in [0.4, 0.5) is 0 Å². The molecule has 2 aliphatic rings. The molecule has 0 spiro atoms. The summed E-state index contributed by atoms with van der Waals surface area (Å²) in [6, 6.07) is 1.21. The number of nitrogens with one attached hydrogen (secondary N) is 2. The summed E-state index contributed by atoms with van der Waals surface area (Å²) in [6.07, 6.45) is 10.8. The molecule has 3 heteroatoms. The van der Waals surface area contributed by atoms with E-state index in [2.05, 4.69) is 17.6 Å². The zero-order valence-corrected chi connectivity index (χ0v) is 11.7. The topological polar surface area (TPSA) is 41.1 Å². The monoisotopic (exact) mass is 252 g/mol. The molecular weight excluding hydrogens is 224 g/mol. The summed E-state index contributed by atoms with van der Waals surface area (Å²) in [7, 11) is 0. The van der Waals surface area contributed by atoms with Crippen molar-refractivity contribution in [2.24, 2.45) is 5.92 Å². The third kappa shape index (κ3) is 4.97. The van der Waals surface area contributed by atoms with Gasteiger partial charge in [0.2, 0.25) is 5.91 Å². The van der Waals surface area contributed by atoms with Crippen LogP contribution in [0.25, 0.3) is 0 Å². The standard InChI is InChI=1S/C15H28N2O/c1-2-12-5-3-6-14(11-12)16-10-4-7-15(18)17-13-8-9-13/h12-14,16H,2-11H2,1H3,(H,17,18). The predicted octanol–water partition coefficient (Wildman–Crippen LogP) is 2.60. The van der Waals surface area contributed by atoms with Gasteiger partial charge in [-0.1, -0.05) is 26.2 Å². The Bertz CT molecular complexity index is 263. The summed E-state index contributed by atoms with van der Waals surface area (Å²) in [6.45, 7) is 3.30. The molecule has 2 saturated carbocycles. The van der Waals surface area contributed by atoms with Gasteiger partial charge in [-0.2, -0.15) is 0 Å². The molecule has 2 unspecified atom stereocenters. The first kappa shape index (κ1) is 13.9. The quantitative estimate of drug-likeness (QED) is 0.684. The van der Waals surface area contributed by atoms with Crippen LogP contribution in [0.15, 0.2) is 0 Å². The van der Waals surface area contributed by atoms with Gasteiger partial charge in [0.25, 0.3) is 0 Å². The van der Waals surface area contributed by atoms with Crippen LogP contribution in [0.5, 0.6) is 0 Å². The zero-order valence-electron chi connectivity index (χ0n) is 11.7. The highest BCUT2D eigenvalue weighted by molar-refractivity contribution is 5.76. The van der Waals surface area contributed by atoms with Gasteiger partial charge < -0.3 is 10.6 Å². The summed E-state index contributed by atoms with van der Waals surface area (Å²) in [5.41, 5.74) is 0. The number of carbonyl (C=O) groups is 1. The third-order valence-corrected chi connectivity index (χ3v) is 4.32. The van der Waals surface area contributed by atoms with E-state index in [0.717, 1.165) is 18.9 Å². The molecule has 0 bridgehead atoms. The lowest BCUT2D eigenvalue weighted by Crippen LogP contribution is -2.35. The van der Waals surface area contributed by atoms with Crippen LogP contribution in [-0.2, 0) is 4.79 Å². The van der Waals surface area contributed by atoms with Crippen molar-refractivity contribution >= 4 is 5.91 Å². The van der Waals surface area contributed by atoms with Gasteiger partial charge in [-0.15, -0.1) is 0 Å². The number of rotatable bonds is 7. The minimum atomic E-state index is 0.245. The smallest absolute Gasteiger partial charge is 0.220 e. The van der Waals surface area contributed by atoms with Crippen LogP contribution in [-0.4, -0.2) is 24.5 Å². The molecule has 2 N–H and O–H groups in total. The first-order chi connectivity index (χ1) is 8.78. The van der Waals surface area contributed by atoms with E-state index >= 15 is 0 Å². The molecule has 2 rings (SSSR count). The molecule has 0 aromatic carbocycles. The molecule has 0 aromatic heterocycles. The second-order valence-electron chi connectivity index (χ2n) is 6.04. The van der Waals surface area contributed by atoms with Crippen LogP contribution < -0.4 is 10.6 Å². The fourth-order valence-electron chi connectivity index (χ4n) is 2.93. The van der Waals surface area contributed by atoms with E-state index < -0.39 is 0 Å². The van der Waals surface area contributed by atoms with Crippen molar-refractivity contribution in [2.75, 3.05) is 6.54 Å². The van der Waals surface area contributed by atoms with E-state index in [0.29, 0.717) is 18.5 Å². The number of amides is 1. The van der Waals surface area contributed by atoms with Gasteiger partial charge in [0.15, 0.2) is 0 Å². The molecule has 0 heterocycles. The Hall–Kier alpha value is -0.570. The molecule has 0 saturated heterocycles. The summed E-state index contributed by atoms with van der Waals surface area (Å²) < 4.78 is 0. The lowest BCUT2D eigenvalue weighted by atomic mass is 9.84. The van der Waals surface area contributed by atoms with E-state index in [9.17, 15) is 4.79 Å². The van der Waals surface area contributed by atoms with Crippen molar-refractivity contribution in [3.05, 3.63) is 0 Å². The lowest BCUT2D eigenvalue weighted by molar-refractivity contribution is -0.121. The number of hydrogen-bond donors (Lipinski definition) is 2. The third-order valence-electron chi connectivity index (χ3n) is 4.32. The summed E-state index contributed by atoms with van der Waals surface area (Å²) >= 11 is 0. The Labute approximate surface area is 111 Å².